The number of carbonyl (C=O) groups excluding carboxylic acids is 3. The van der Waals surface area contributed by atoms with Crippen LogP contribution in [0, 0.1) is 5.92 Å². The molecule has 27 heavy (non-hydrogen) atoms. The molecule has 1 aliphatic heterocycles. The molecule has 1 atom stereocenters. The maximum Gasteiger partial charge on any atom is 0.268 e. The maximum atomic E-state index is 12.7. The number of ketones is 1. The Kier molecular flexibility index (Phi) is 10.0. The Morgan fingerprint density at radius 3 is 2.37 bits per heavy atom. The summed E-state index contributed by atoms with van der Waals surface area (Å²) in [5, 5.41) is 10.5. The van der Waals surface area contributed by atoms with Gasteiger partial charge >= 0.3 is 0 Å². The van der Waals surface area contributed by atoms with Crippen LogP contribution in [0.25, 0.3) is 0 Å². The fraction of sp³-hybridized carbons (Fsp3) is 0.682. The first-order valence-electron chi connectivity index (χ1n) is 10.3. The third-order valence-electron chi connectivity index (χ3n) is 4.74. The number of unbranched alkanes of at least 4 members (excludes halogenated alkanes) is 5. The third kappa shape index (κ3) is 6.64. The van der Waals surface area contributed by atoms with Gasteiger partial charge in [-0.15, -0.1) is 0 Å². The number of nitrogens with zero attached hydrogens (tertiary/aromatic N) is 1. The van der Waals surface area contributed by atoms with Gasteiger partial charge in [-0.25, -0.2) is 0 Å². The fourth-order valence-corrected chi connectivity index (χ4v) is 3.32. The van der Waals surface area contributed by atoms with Crippen molar-refractivity contribution in [2.75, 3.05) is 0 Å². The molecule has 152 valence electrons. The quantitative estimate of drug-likeness (QED) is 0.299. The van der Waals surface area contributed by atoms with Crippen molar-refractivity contribution in [3.8, 4) is 0 Å². The summed E-state index contributed by atoms with van der Waals surface area (Å²) in [7, 11) is 0. The summed E-state index contributed by atoms with van der Waals surface area (Å²) in [6.45, 7) is 7.92. The van der Waals surface area contributed by atoms with Crippen LogP contribution < -0.4 is 0 Å². The lowest BCUT2D eigenvalue weighted by molar-refractivity contribution is -0.140. The van der Waals surface area contributed by atoms with Crippen LogP contribution in [0.15, 0.2) is 23.5 Å². The molecule has 1 aliphatic rings. The number of allylic oxidation sites excluding steroid dienone is 1. The molecule has 0 aromatic carbocycles. The molecule has 0 aromatic heterocycles. The molecule has 1 N–H and O–H groups in total. The predicted molar refractivity (Wildman–Crippen MR) is 107 cm³/mol. The van der Waals surface area contributed by atoms with Crippen LogP contribution in [0.2, 0.25) is 0 Å². The SMILES string of the molecule is CCCCCCC/C=C/C(=O)N1C(=O)C(C(=O)CCC)=C(O)C1CC(C)C. The van der Waals surface area contributed by atoms with E-state index in [-0.39, 0.29) is 29.5 Å². The van der Waals surface area contributed by atoms with Crippen LogP contribution in [0.3, 0.4) is 0 Å². The smallest absolute Gasteiger partial charge is 0.268 e. The Bertz CT molecular complexity index is 589. The van der Waals surface area contributed by atoms with Crippen LogP contribution in [-0.4, -0.2) is 33.6 Å². The van der Waals surface area contributed by atoms with E-state index in [1.807, 2.05) is 20.8 Å². The highest BCUT2D eigenvalue weighted by Gasteiger charge is 2.44. The van der Waals surface area contributed by atoms with Crippen molar-refractivity contribution < 1.29 is 19.5 Å². The summed E-state index contributed by atoms with van der Waals surface area (Å²) >= 11 is 0. The van der Waals surface area contributed by atoms with Crippen molar-refractivity contribution >= 4 is 17.6 Å². The van der Waals surface area contributed by atoms with Gasteiger partial charge in [-0.3, -0.25) is 19.3 Å². The van der Waals surface area contributed by atoms with E-state index < -0.39 is 17.9 Å². The minimum atomic E-state index is -0.741. The summed E-state index contributed by atoms with van der Waals surface area (Å²) in [4.78, 5) is 38.6. The summed E-state index contributed by atoms with van der Waals surface area (Å²) in [5.74, 6) is -1.57. The number of hydrogen-bond donors (Lipinski definition) is 1. The second kappa shape index (κ2) is 11.7. The zero-order valence-corrected chi connectivity index (χ0v) is 17.3. The van der Waals surface area contributed by atoms with Crippen molar-refractivity contribution in [1.29, 1.82) is 0 Å². The zero-order chi connectivity index (χ0) is 20.4. The number of Topliss-reactive ketones (excluding diaryl/α,β-unsaturated/α-hetero) is 1. The highest BCUT2D eigenvalue weighted by molar-refractivity contribution is 6.25. The Morgan fingerprint density at radius 2 is 1.78 bits per heavy atom. The van der Waals surface area contributed by atoms with Crippen LogP contribution in [0.5, 0.6) is 0 Å². The Labute approximate surface area is 163 Å². The maximum absolute atomic E-state index is 12.7. The Morgan fingerprint density at radius 1 is 1.11 bits per heavy atom. The summed E-state index contributed by atoms with van der Waals surface area (Å²) in [5.41, 5.74) is -0.205. The molecule has 0 saturated carbocycles. The lowest BCUT2D eigenvalue weighted by Crippen LogP contribution is -2.41. The van der Waals surface area contributed by atoms with Gasteiger partial charge in [0.15, 0.2) is 5.78 Å². The second-order valence-electron chi connectivity index (χ2n) is 7.70. The molecule has 1 heterocycles. The lowest BCUT2D eigenvalue weighted by atomic mass is 10.0. The van der Waals surface area contributed by atoms with Gasteiger partial charge in [0.05, 0.1) is 6.04 Å². The normalized spacial score (nSPS) is 17.6. The molecule has 0 fully saturated rings. The molecule has 0 bridgehead atoms. The largest absolute Gasteiger partial charge is 0.509 e. The van der Waals surface area contributed by atoms with E-state index in [4.69, 9.17) is 0 Å². The van der Waals surface area contributed by atoms with Crippen molar-refractivity contribution in [1.82, 2.24) is 4.90 Å². The first-order chi connectivity index (χ1) is 12.8. The number of rotatable bonds is 12. The summed E-state index contributed by atoms with van der Waals surface area (Å²) < 4.78 is 0. The molecular formula is C22H35NO4. The topological polar surface area (TPSA) is 74.7 Å². The summed E-state index contributed by atoms with van der Waals surface area (Å²) in [6, 6.07) is -0.741. The van der Waals surface area contributed by atoms with Gasteiger partial charge in [0.2, 0.25) is 0 Å². The van der Waals surface area contributed by atoms with Crippen LogP contribution in [0.4, 0.5) is 0 Å². The molecule has 5 heteroatoms. The molecule has 1 rings (SSSR count). The molecule has 5 nitrogen and oxygen atoms in total. The lowest BCUT2D eigenvalue weighted by Gasteiger charge is -2.23. The van der Waals surface area contributed by atoms with Crippen molar-refractivity contribution in [2.24, 2.45) is 5.92 Å². The molecule has 2 amide bonds. The standard InChI is InChI=1S/C22H35NO4/c1-5-7-8-9-10-11-12-14-19(25)23-17(15-16(3)4)21(26)20(22(23)27)18(24)13-6-2/h12,14,16-17,26H,5-11,13,15H2,1-4H3/b14-12+. The van der Waals surface area contributed by atoms with Gasteiger partial charge in [0, 0.05) is 6.42 Å². The van der Waals surface area contributed by atoms with Crippen LogP contribution in [0.1, 0.15) is 85.5 Å². The molecule has 0 aliphatic carbocycles. The Hall–Kier alpha value is -1.91. The molecule has 0 aromatic rings. The second-order valence-corrected chi connectivity index (χ2v) is 7.70. The number of carbonyl (C=O) groups is 3. The Balaban J connectivity index is 2.83. The molecule has 0 saturated heterocycles. The van der Waals surface area contributed by atoms with Gasteiger partial charge in [-0.1, -0.05) is 59.5 Å². The number of aliphatic hydroxyl groups is 1. The van der Waals surface area contributed by atoms with Crippen molar-refractivity contribution in [3.05, 3.63) is 23.5 Å². The van der Waals surface area contributed by atoms with E-state index in [1.165, 1.54) is 25.3 Å². The first-order valence-corrected chi connectivity index (χ1v) is 10.3. The van der Waals surface area contributed by atoms with Gasteiger partial charge < -0.3 is 5.11 Å². The van der Waals surface area contributed by atoms with Crippen molar-refractivity contribution in [2.45, 2.75) is 91.5 Å². The number of hydrogen-bond acceptors (Lipinski definition) is 4. The average molecular weight is 378 g/mol. The highest BCUT2D eigenvalue weighted by atomic mass is 16.3. The highest BCUT2D eigenvalue weighted by Crippen LogP contribution is 2.30. The third-order valence-corrected chi connectivity index (χ3v) is 4.74. The molecule has 0 radical (unpaired) electrons. The van der Waals surface area contributed by atoms with E-state index in [0.717, 1.165) is 24.2 Å². The monoisotopic (exact) mass is 377 g/mol. The minimum absolute atomic E-state index is 0.170. The van der Waals surface area contributed by atoms with E-state index in [9.17, 15) is 19.5 Å². The first kappa shape index (κ1) is 23.1. The number of aliphatic hydroxyl groups excluding tert-OH is 1. The fourth-order valence-electron chi connectivity index (χ4n) is 3.32. The van der Waals surface area contributed by atoms with Crippen molar-refractivity contribution in [3.63, 3.8) is 0 Å². The van der Waals surface area contributed by atoms with Gasteiger partial charge in [0.25, 0.3) is 11.8 Å². The average Bonchev–Trinajstić information content (AvgIpc) is 2.84. The van der Waals surface area contributed by atoms with Gasteiger partial charge in [-0.05, 0) is 37.7 Å². The van der Waals surface area contributed by atoms with E-state index in [2.05, 4.69) is 6.92 Å². The zero-order valence-electron chi connectivity index (χ0n) is 17.3. The number of imide groups is 1. The van der Waals surface area contributed by atoms with Gasteiger partial charge in [-0.2, -0.15) is 0 Å². The van der Waals surface area contributed by atoms with Crippen LogP contribution in [-0.2, 0) is 14.4 Å². The predicted octanol–water partition coefficient (Wildman–Crippen LogP) is 4.87. The minimum Gasteiger partial charge on any atom is -0.509 e. The van der Waals surface area contributed by atoms with Gasteiger partial charge in [0.1, 0.15) is 11.3 Å². The molecule has 0 spiro atoms. The van der Waals surface area contributed by atoms with E-state index >= 15 is 0 Å². The molecular weight excluding hydrogens is 342 g/mol. The summed E-state index contributed by atoms with van der Waals surface area (Å²) in [6.07, 6.45) is 10.9. The number of amides is 2. The van der Waals surface area contributed by atoms with Crippen LogP contribution >= 0.6 is 0 Å². The van der Waals surface area contributed by atoms with E-state index in [0.29, 0.717) is 12.8 Å². The molecule has 1 unspecified atom stereocenters. The van der Waals surface area contributed by atoms with E-state index in [1.54, 1.807) is 6.08 Å².